The standard InChI is InChI=1S/C11H24N2O3S/c1-4-10(2)11(14)9-12-5-7-13(8-6-12)17(3,15)16/h10-11,14H,4-9H2,1-3H3. The minimum Gasteiger partial charge on any atom is -0.392 e. The SMILES string of the molecule is CCC(C)C(O)CN1CCN(S(C)(=O)=O)CC1. The number of rotatable bonds is 5. The molecule has 1 aliphatic heterocycles. The van der Waals surface area contributed by atoms with Crippen LogP contribution in [0.25, 0.3) is 0 Å². The number of nitrogens with zero attached hydrogens (tertiary/aromatic N) is 2. The van der Waals surface area contributed by atoms with Gasteiger partial charge in [0.2, 0.25) is 10.0 Å². The molecular weight excluding hydrogens is 240 g/mol. The van der Waals surface area contributed by atoms with E-state index in [9.17, 15) is 13.5 Å². The number of sulfonamides is 1. The summed E-state index contributed by atoms with van der Waals surface area (Å²) < 4.78 is 24.2. The van der Waals surface area contributed by atoms with Crippen LogP contribution in [0, 0.1) is 5.92 Å². The normalized spacial score (nSPS) is 23.5. The highest BCUT2D eigenvalue weighted by Gasteiger charge is 2.25. The molecular formula is C11H24N2O3S. The van der Waals surface area contributed by atoms with Crippen molar-refractivity contribution < 1.29 is 13.5 Å². The summed E-state index contributed by atoms with van der Waals surface area (Å²) in [5, 5.41) is 9.92. The summed E-state index contributed by atoms with van der Waals surface area (Å²) >= 11 is 0. The molecule has 0 amide bonds. The van der Waals surface area contributed by atoms with Crippen LogP contribution in [0.1, 0.15) is 20.3 Å². The molecule has 0 radical (unpaired) electrons. The van der Waals surface area contributed by atoms with Crippen molar-refractivity contribution >= 4 is 10.0 Å². The Morgan fingerprint density at radius 3 is 2.18 bits per heavy atom. The lowest BCUT2D eigenvalue weighted by Gasteiger charge is -2.35. The van der Waals surface area contributed by atoms with Crippen molar-refractivity contribution in [1.29, 1.82) is 0 Å². The second-order valence-electron chi connectivity index (χ2n) is 4.92. The highest BCUT2D eigenvalue weighted by molar-refractivity contribution is 7.88. The average molecular weight is 264 g/mol. The highest BCUT2D eigenvalue weighted by Crippen LogP contribution is 2.11. The van der Waals surface area contributed by atoms with Crippen LogP contribution in [0.4, 0.5) is 0 Å². The van der Waals surface area contributed by atoms with Gasteiger partial charge in [-0.05, 0) is 5.92 Å². The summed E-state index contributed by atoms with van der Waals surface area (Å²) in [5.74, 6) is 0.294. The maximum atomic E-state index is 11.3. The molecule has 1 aliphatic rings. The molecule has 1 N–H and O–H groups in total. The first-order valence-corrected chi connectivity index (χ1v) is 8.05. The van der Waals surface area contributed by atoms with E-state index in [1.54, 1.807) is 0 Å². The van der Waals surface area contributed by atoms with Gasteiger partial charge in [0.15, 0.2) is 0 Å². The maximum absolute atomic E-state index is 11.3. The van der Waals surface area contributed by atoms with E-state index < -0.39 is 10.0 Å². The van der Waals surface area contributed by atoms with Crippen LogP contribution in [0.15, 0.2) is 0 Å². The van der Waals surface area contributed by atoms with Gasteiger partial charge in [-0.25, -0.2) is 8.42 Å². The van der Waals surface area contributed by atoms with E-state index in [1.165, 1.54) is 10.6 Å². The predicted octanol–water partition coefficient (Wildman–Crippen LogP) is -0.0294. The molecule has 2 unspecified atom stereocenters. The second-order valence-corrected chi connectivity index (χ2v) is 6.90. The van der Waals surface area contributed by atoms with E-state index in [1.807, 2.05) is 6.92 Å². The number of aliphatic hydroxyl groups excluding tert-OH is 1. The molecule has 0 spiro atoms. The van der Waals surface area contributed by atoms with Crippen molar-refractivity contribution in [3.8, 4) is 0 Å². The molecule has 0 aromatic carbocycles. The Balaban J connectivity index is 2.38. The fourth-order valence-electron chi connectivity index (χ4n) is 1.96. The molecule has 0 aromatic rings. The molecule has 102 valence electrons. The number of piperazine rings is 1. The highest BCUT2D eigenvalue weighted by atomic mass is 32.2. The zero-order valence-corrected chi connectivity index (χ0v) is 11.8. The summed E-state index contributed by atoms with van der Waals surface area (Å²) in [6, 6.07) is 0. The predicted molar refractivity (Wildman–Crippen MR) is 68.3 cm³/mol. The number of β-amino-alcohol motifs (C(OH)–C–C–N with tert-alkyl or cyclic N) is 1. The Morgan fingerprint density at radius 1 is 1.24 bits per heavy atom. The van der Waals surface area contributed by atoms with Gasteiger partial charge in [0.1, 0.15) is 0 Å². The van der Waals surface area contributed by atoms with E-state index in [4.69, 9.17) is 0 Å². The van der Waals surface area contributed by atoms with E-state index in [-0.39, 0.29) is 6.10 Å². The minimum absolute atomic E-state index is 0.294. The summed E-state index contributed by atoms with van der Waals surface area (Å²) in [5.41, 5.74) is 0. The van der Waals surface area contributed by atoms with Crippen molar-refractivity contribution in [1.82, 2.24) is 9.21 Å². The maximum Gasteiger partial charge on any atom is 0.211 e. The topological polar surface area (TPSA) is 60.9 Å². The Morgan fingerprint density at radius 2 is 1.76 bits per heavy atom. The van der Waals surface area contributed by atoms with Gasteiger partial charge in [-0.1, -0.05) is 20.3 Å². The van der Waals surface area contributed by atoms with Gasteiger partial charge in [-0.2, -0.15) is 4.31 Å². The third-order valence-electron chi connectivity index (χ3n) is 3.55. The third-order valence-corrected chi connectivity index (χ3v) is 4.85. The van der Waals surface area contributed by atoms with E-state index in [2.05, 4.69) is 11.8 Å². The van der Waals surface area contributed by atoms with Crippen molar-refractivity contribution in [2.75, 3.05) is 39.0 Å². The van der Waals surface area contributed by atoms with Crippen molar-refractivity contribution in [2.24, 2.45) is 5.92 Å². The Hall–Kier alpha value is -0.170. The smallest absolute Gasteiger partial charge is 0.211 e. The van der Waals surface area contributed by atoms with Crippen LogP contribution < -0.4 is 0 Å². The van der Waals surface area contributed by atoms with E-state index >= 15 is 0 Å². The lowest BCUT2D eigenvalue weighted by Crippen LogP contribution is -2.50. The van der Waals surface area contributed by atoms with Gasteiger partial charge in [-0.15, -0.1) is 0 Å². The van der Waals surface area contributed by atoms with Gasteiger partial charge >= 0.3 is 0 Å². The Labute approximate surface area is 104 Å². The van der Waals surface area contributed by atoms with E-state index in [0.717, 1.165) is 6.42 Å². The number of aliphatic hydroxyl groups is 1. The molecule has 0 bridgehead atoms. The second kappa shape index (κ2) is 6.13. The molecule has 1 saturated heterocycles. The van der Waals surface area contributed by atoms with Gasteiger partial charge in [0, 0.05) is 32.7 Å². The number of hydrogen-bond acceptors (Lipinski definition) is 4. The Kier molecular flexibility index (Phi) is 5.37. The molecule has 2 atom stereocenters. The largest absolute Gasteiger partial charge is 0.392 e. The molecule has 1 heterocycles. The monoisotopic (exact) mass is 264 g/mol. The van der Waals surface area contributed by atoms with Crippen LogP contribution in [0.3, 0.4) is 0 Å². The number of hydrogen-bond donors (Lipinski definition) is 1. The van der Waals surface area contributed by atoms with Crippen LogP contribution in [0.5, 0.6) is 0 Å². The first-order chi connectivity index (χ1) is 7.84. The fraction of sp³-hybridized carbons (Fsp3) is 1.00. The molecule has 5 nitrogen and oxygen atoms in total. The van der Waals surface area contributed by atoms with Crippen LogP contribution >= 0.6 is 0 Å². The fourth-order valence-corrected chi connectivity index (χ4v) is 2.79. The summed E-state index contributed by atoms with van der Waals surface area (Å²) in [6.07, 6.45) is 1.89. The molecule has 17 heavy (non-hydrogen) atoms. The molecule has 0 saturated carbocycles. The molecule has 6 heteroatoms. The molecule has 1 fully saturated rings. The molecule has 1 rings (SSSR count). The van der Waals surface area contributed by atoms with Crippen molar-refractivity contribution in [2.45, 2.75) is 26.4 Å². The first-order valence-electron chi connectivity index (χ1n) is 6.20. The first kappa shape index (κ1) is 14.9. The summed E-state index contributed by atoms with van der Waals surface area (Å²) in [6.45, 7) is 7.23. The van der Waals surface area contributed by atoms with Crippen LogP contribution in [-0.4, -0.2) is 67.8 Å². The molecule has 0 aromatic heterocycles. The molecule has 0 aliphatic carbocycles. The average Bonchev–Trinajstić information content (AvgIpc) is 2.27. The van der Waals surface area contributed by atoms with Crippen molar-refractivity contribution in [3.63, 3.8) is 0 Å². The van der Waals surface area contributed by atoms with Gasteiger partial charge < -0.3 is 5.11 Å². The summed E-state index contributed by atoms with van der Waals surface area (Å²) in [7, 11) is -3.05. The quantitative estimate of drug-likeness (QED) is 0.757. The van der Waals surface area contributed by atoms with Crippen molar-refractivity contribution in [3.05, 3.63) is 0 Å². The Bertz CT molecular complexity index is 324. The van der Waals surface area contributed by atoms with Gasteiger partial charge in [0.25, 0.3) is 0 Å². The van der Waals surface area contributed by atoms with E-state index in [0.29, 0.717) is 38.6 Å². The van der Waals surface area contributed by atoms with Gasteiger partial charge in [0.05, 0.1) is 12.4 Å². The van der Waals surface area contributed by atoms with Crippen LogP contribution in [-0.2, 0) is 10.0 Å². The summed E-state index contributed by atoms with van der Waals surface area (Å²) in [4.78, 5) is 2.14. The van der Waals surface area contributed by atoms with Gasteiger partial charge in [-0.3, -0.25) is 4.90 Å². The zero-order valence-electron chi connectivity index (χ0n) is 11.0. The minimum atomic E-state index is -3.05. The zero-order chi connectivity index (χ0) is 13.1. The lowest BCUT2D eigenvalue weighted by atomic mass is 10.0. The third kappa shape index (κ3) is 4.54. The lowest BCUT2D eigenvalue weighted by molar-refractivity contribution is 0.0561. The van der Waals surface area contributed by atoms with Crippen LogP contribution in [0.2, 0.25) is 0 Å².